The highest BCUT2D eigenvalue weighted by Crippen LogP contribution is 2.06. The monoisotopic (exact) mass is 258 g/mol. The van der Waals surface area contributed by atoms with Crippen LogP contribution in [0.3, 0.4) is 0 Å². The molecule has 4 nitrogen and oxygen atoms in total. The van der Waals surface area contributed by atoms with Crippen LogP contribution in [0.25, 0.3) is 6.08 Å². The molecule has 0 bridgehead atoms. The van der Waals surface area contributed by atoms with Gasteiger partial charge in [0.25, 0.3) is 0 Å². The summed E-state index contributed by atoms with van der Waals surface area (Å²) in [5.41, 5.74) is 2.19. The molecule has 19 heavy (non-hydrogen) atoms. The Labute approximate surface area is 112 Å². The molecule has 2 N–H and O–H groups in total. The molecule has 1 atom stereocenters. The second-order valence-electron chi connectivity index (χ2n) is 4.79. The number of carbonyl (C=O) groups is 2. The maximum Gasteiger partial charge on any atom is 0.244 e. The fourth-order valence-corrected chi connectivity index (χ4v) is 1.95. The van der Waals surface area contributed by atoms with Gasteiger partial charge in [-0.3, -0.25) is 9.59 Å². The summed E-state index contributed by atoms with van der Waals surface area (Å²) in [6.45, 7) is 2.54. The Balaban J connectivity index is 1.83. The van der Waals surface area contributed by atoms with Crippen molar-refractivity contribution in [2.24, 2.45) is 0 Å². The van der Waals surface area contributed by atoms with Gasteiger partial charge in [0, 0.05) is 25.1 Å². The summed E-state index contributed by atoms with van der Waals surface area (Å²) in [5, 5.41) is 5.62. The topological polar surface area (TPSA) is 58.2 Å². The average molecular weight is 258 g/mol. The van der Waals surface area contributed by atoms with Crippen LogP contribution in [0.5, 0.6) is 0 Å². The Morgan fingerprint density at radius 3 is 2.74 bits per heavy atom. The molecule has 0 radical (unpaired) electrons. The standard InChI is InChI=1S/C15H18N2O2/c1-11-2-4-12(5-3-11)6-8-15(19)17-13-7-9-14(18)16-10-13/h2-6,8,13H,7,9-10H2,1H3,(H,16,18)(H,17,19). The SMILES string of the molecule is Cc1ccc(C=CC(=O)NC2CCC(=O)NC2)cc1. The van der Waals surface area contributed by atoms with Crippen LogP contribution in [0.2, 0.25) is 0 Å². The molecule has 0 saturated carbocycles. The predicted octanol–water partition coefficient (Wildman–Crippen LogP) is 1.40. The van der Waals surface area contributed by atoms with Gasteiger partial charge in [0.15, 0.2) is 0 Å². The third kappa shape index (κ3) is 4.25. The van der Waals surface area contributed by atoms with E-state index in [4.69, 9.17) is 0 Å². The number of aryl methyl sites for hydroxylation is 1. The van der Waals surface area contributed by atoms with E-state index in [-0.39, 0.29) is 17.9 Å². The van der Waals surface area contributed by atoms with E-state index in [1.165, 1.54) is 11.6 Å². The summed E-state index contributed by atoms with van der Waals surface area (Å²) in [7, 11) is 0. The highest BCUT2D eigenvalue weighted by Gasteiger charge is 2.18. The molecule has 1 unspecified atom stereocenters. The van der Waals surface area contributed by atoms with Crippen LogP contribution in [0, 0.1) is 6.92 Å². The van der Waals surface area contributed by atoms with E-state index in [1.807, 2.05) is 31.2 Å². The normalized spacial score (nSPS) is 19.2. The zero-order valence-electron chi connectivity index (χ0n) is 11.0. The zero-order valence-corrected chi connectivity index (χ0v) is 11.0. The van der Waals surface area contributed by atoms with Crippen LogP contribution in [-0.2, 0) is 9.59 Å². The number of amides is 2. The largest absolute Gasteiger partial charge is 0.354 e. The van der Waals surface area contributed by atoms with E-state index in [1.54, 1.807) is 6.08 Å². The fraction of sp³-hybridized carbons (Fsp3) is 0.333. The lowest BCUT2D eigenvalue weighted by Crippen LogP contribution is -2.47. The number of rotatable bonds is 3. The molecule has 2 amide bonds. The Morgan fingerprint density at radius 2 is 2.11 bits per heavy atom. The first kappa shape index (κ1) is 13.3. The molecule has 1 fully saturated rings. The van der Waals surface area contributed by atoms with Crippen LogP contribution in [0.1, 0.15) is 24.0 Å². The molecule has 1 heterocycles. The van der Waals surface area contributed by atoms with E-state index in [0.29, 0.717) is 19.4 Å². The molecule has 0 spiro atoms. The smallest absolute Gasteiger partial charge is 0.244 e. The fourth-order valence-electron chi connectivity index (χ4n) is 1.95. The highest BCUT2D eigenvalue weighted by atomic mass is 16.2. The maximum atomic E-state index is 11.7. The van der Waals surface area contributed by atoms with Crippen molar-refractivity contribution in [2.75, 3.05) is 6.54 Å². The number of hydrogen-bond acceptors (Lipinski definition) is 2. The lowest BCUT2D eigenvalue weighted by Gasteiger charge is -2.22. The quantitative estimate of drug-likeness (QED) is 0.805. The van der Waals surface area contributed by atoms with Crippen LogP contribution >= 0.6 is 0 Å². The second kappa shape index (κ2) is 6.18. The molecule has 100 valence electrons. The minimum absolute atomic E-state index is 0.0351. The average Bonchev–Trinajstić information content (AvgIpc) is 2.41. The van der Waals surface area contributed by atoms with E-state index < -0.39 is 0 Å². The van der Waals surface area contributed by atoms with Crippen molar-refractivity contribution in [1.82, 2.24) is 10.6 Å². The minimum atomic E-state index is -0.123. The Hall–Kier alpha value is -2.10. The second-order valence-corrected chi connectivity index (χ2v) is 4.79. The van der Waals surface area contributed by atoms with Crippen molar-refractivity contribution in [1.29, 1.82) is 0 Å². The summed E-state index contributed by atoms with van der Waals surface area (Å²) in [5.74, 6) is -0.0672. The van der Waals surface area contributed by atoms with Crippen molar-refractivity contribution in [3.05, 3.63) is 41.5 Å². The van der Waals surface area contributed by atoms with Crippen molar-refractivity contribution in [2.45, 2.75) is 25.8 Å². The Kier molecular flexibility index (Phi) is 4.34. The van der Waals surface area contributed by atoms with Crippen molar-refractivity contribution in [3.8, 4) is 0 Å². The summed E-state index contributed by atoms with van der Waals surface area (Å²) in [4.78, 5) is 22.7. The molecular formula is C15H18N2O2. The first-order chi connectivity index (χ1) is 9.13. The highest BCUT2D eigenvalue weighted by molar-refractivity contribution is 5.92. The first-order valence-corrected chi connectivity index (χ1v) is 6.45. The Bertz CT molecular complexity index is 481. The number of benzene rings is 1. The first-order valence-electron chi connectivity index (χ1n) is 6.45. The minimum Gasteiger partial charge on any atom is -0.354 e. The van der Waals surface area contributed by atoms with Gasteiger partial charge in [-0.1, -0.05) is 29.8 Å². The van der Waals surface area contributed by atoms with E-state index in [2.05, 4.69) is 10.6 Å². The molecule has 2 rings (SSSR count). The third-order valence-electron chi connectivity index (χ3n) is 3.12. The molecule has 0 aliphatic carbocycles. The van der Waals surface area contributed by atoms with Crippen molar-refractivity contribution < 1.29 is 9.59 Å². The third-order valence-corrected chi connectivity index (χ3v) is 3.12. The van der Waals surface area contributed by atoms with Gasteiger partial charge in [0.05, 0.1) is 0 Å². The van der Waals surface area contributed by atoms with Crippen LogP contribution < -0.4 is 10.6 Å². The molecular weight excluding hydrogens is 240 g/mol. The van der Waals surface area contributed by atoms with Crippen LogP contribution in [0.15, 0.2) is 30.3 Å². The molecule has 4 heteroatoms. The number of carbonyl (C=O) groups excluding carboxylic acids is 2. The molecule has 1 saturated heterocycles. The van der Waals surface area contributed by atoms with Crippen molar-refractivity contribution in [3.63, 3.8) is 0 Å². The predicted molar refractivity (Wildman–Crippen MR) is 74.4 cm³/mol. The molecule has 1 aromatic rings. The van der Waals surface area contributed by atoms with Gasteiger partial charge in [-0.05, 0) is 25.0 Å². The van der Waals surface area contributed by atoms with E-state index in [9.17, 15) is 9.59 Å². The summed E-state index contributed by atoms with van der Waals surface area (Å²) in [6.07, 6.45) is 4.50. The van der Waals surface area contributed by atoms with E-state index >= 15 is 0 Å². The lowest BCUT2D eigenvalue weighted by atomic mass is 10.1. The van der Waals surface area contributed by atoms with Gasteiger partial charge >= 0.3 is 0 Å². The summed E-state index contributed by atoms with van der Waals surface area (Å²) >= 11 is 0. The van der Waals surface area contributed by atoms with Crippen LogP contribution in [0.4, 0.5) is 0 Å². The van der Waals surface area contributed by atoms with E-state index in [0.717, 1.165) is 5.56 Å². The molecule has 1 aliphatic heterocycles. The lowest BCUT2D eigenvalue weighted by molar-refractivity contribution is -0.124. The van der Waals surface area contributed by atoms with Gasteiger partial charge in [-0.2, -0.15) is 0 Å². The van der Waals surface area contributed by atoms with Gasteiger partial charge in [-0.15, -0.1) is 0 Å². The van der Waals surface area contributed by atoms with Gasteiger partial charge in [0.2, 0.25) is 11.8 Å². The molecule has 0 aromatic heterocycles. The van der Waals surface area contributed by atoms with Gasteiger partial charge in [0.1, 0.15) is 0 Å². The maximum absolute atomic E-state index is 11.7. The van der Waals surface area contributed by atoms with Crippen LogP contribution in [-0.4, -0.2) is 24.4 Å². The summed E-state index contributed by atoms with van der Waals surface area (Å²) < 4.78 is 0. The van der Waals surface area contributed by atoms with Gasteiger partial charge in [-0.25, -0.2) is 0 Å². The Morgan fingerprint density at radius 1 is 1.37 bits per heavy atom. The molecule has 1 aromatic carbocycles. The summed E-state index contributed by atoms with van der Waals surface area (Å²) in [6, 6.07) is 8.00. The van der Waals surface area contributed by atoms with Crippen molar-refractivity contribution >= 4 is 17.9 Å². The zero-order chi connectivity index (χ0) is 13.7. The number of nitrogens with one attached hydrogen (secondary N) is 2. The number of piperidine rings is 1. The molecule has 1 aliphatic rings. The number of hydrogen-bond donors (Lipinski definition) is 2. The van der Waals surface area contributed by atoms with Gasteiger partial charge < -0.3 is 10.6 Å².